The summed E-state index contributed by atoms with van der Waals surface area (Å²) in [5, 5.41) is 3.74. The smallest absolute Gasteiger partial charge is 0.269 e. The Bertz CT molecular complexity index is 401. The predicted molar refractivity (Wildman–Crippen MR) is 58.8 cm³/mol. The van der Waals surface area contributed by atoms with E-state index in [4.69, 9.17) is 0 Å². The summed E-state index contributed by atoms with van der Waals surface area (Å²) in [7, 11) is 0. The van der Waals surface area contributed by atoms with Crippen molar-refractivity contribution in [2.75, 3.05) is 0 Å². The molecule has 1 aliphatic carbocycles. The first-order valence-electron chi connectivity index (χ1n) is 6.09. The van der Waals surface area contributed by atoms with Gasteiger partial charge in [-0.3, -0.25) is 4.68 Å². The van der Waals surface area contributed by atoms with Gasteiger partial charge in [-0.25, -0.2) is 0 Å². The number of hydrogen-bond acceptors (Lipinski definition) is 1. The number of nitrogens with zero attached hydrogens (tertiary/aromatic N) is 2. The Balaban J connectivity index is 2.49. The third kappa shape index (κ3) is 2.19. The van der Waals surface area contributed by atoms with Gasteiger partial charge in [0.25, 0.3) is 0 Å². The highest BCUT2D eigenvalue weighted by atomic mass is 19.4. The van der Waals surface area contributed by atoms with Crippen LogP contribution >= 0.6 is 0 Å². The molecular weight excluding hydrogens is 229 g/mol. The van der Waals surface area contributed by atoms with Crippen LogP contribution in [-0.4, -0.2) is 9.78 Å². The maximum atomic E-state index is 13.0. The second-order valence-corrected chi connectivity index (χ2v) is 4.64. The molecule has 0 saturated heterocycles. The van der Waals surface area contributed by atoms with E-state index >= 15 is 0 Å². The lowest BCUT2D eigenvalue weighted by Crippen LogP contribution is -2.11. The summed E-state index contributed by atoms with van der Waals surface area (Å²) in [4.78, 5) is 0. The van der Waals surface area contributed by atoms with Gasteiger partial charge < -0.3 is 0 Å². The van der Waals surface area contributed by atoms with Crippen LogP contribution in [0.4, 0.5) is 13.2 Å². The molecule has 0 bridgehead atoms. The molecule has 1 heterocycles. The maximum absolute atomic E-state index is 13.0. The van der Waals surface area contributed by atoms with Crippen molar-refractivity contribution >= 4 is 0 Å². The summed E-state index contributed by atoms with van der Waals surface area (Å²) in [6, 6.07) is 0. The zero-order valence-corrected chi connectivity index (χ0v) is 10.1. The van der Waals surface area contributed by atoms with Crippen LogP contribution in [-0.2, 0) is 12.7 Å². The molecule has 0 spiro atoms. The first kappa shape index (κ1) is 12.5. The molecule has 2 nitrogen and oxygen atoms in total. The van der Waals surface area contributed by atoms with Gasteiger partial charge in [-0.15, -0.1) is 0 Å². The number of alkyl halides is 3. The quantitative estimate of drug-likeness (QED) is 0.774. The van der Waals surface area contributed by atoms with Crippen molar-refractivity contribution in [3.05, 3.63) is 17.0 Å². The molecule has 1 saturated carbocycles. The Morgan fingerprint density at radius 2 is 1.88 bits per heavy atom. The molecule has 0 aliphatic heterocycles. The third-order valence-corrected chi connectivity index (χ3v) is 3.58. The first-order valence-corrected chi connectivity index (χ1v) is 6.09. The van der Waals surface area contributed by atoms with Gasteiger partial charge in [-0.05, 0) is 32.6 Å². The SMILES string of the molecule is CCn1nc(C(F)(F)F)c(C2CCCC2)c1C. The molecule has 0 atom stereocenters. The van der Waals surface area contributed by atoms with Crippen LogP contribution < -0.4 is 0 Å². The Labute approximate surface area is 98.8 Å². The van der Waals surface area contributed by atoms with E-state index in [1.807, 2.05) is 6.92 Å². The molecule has 0 amide bonds. The fourth-order valence-electron chi connectivity index (χ4n) is 2.78. The fourth-order valence-corrected chi connectivity index (χ4v) is 2.78. The first-order chi connectivity index (χ1) is 7.95. The molecule has 96 valence electrons. The van der Waals surface area contributed by atoms with Crippen molar-refractivity contribution in [1.82, 2.24) is 9.78 Å². The van der Waals surface area contributed by atoms with Crippen molar-refractivity contribution in [2.24, 2.45) is 0 Å². The van der Waals surface area contributed by atoms with Gasteiger partial charge >= 0.3 is 6.18 Å². The molecule has 0 unspecified atom stereocenters. The molecular formula is C12H17F3N2. The maximum Gasteiger partial charge on any atom is 0.435 e. The normalized spacial score (nSPS) is 17.9. The highest BCUT2D eigenvalue weighted by Gasteiger charge is 2.40. The number of halogens is 3. The van der Waals surface area contributed by atoms with Crippen LogP contribution in [0.3, 0.4) is 0 Å². The van der Waals surface area contributed by atoms with Gasteiger partial charge in [0.2, 0.25) is 0 Å². The summed E-state index contributed by atoms with van der Waals surface area (Å²) in [5.41, 5.74) is 0.465. The van der Waals surface area contributed by atoms with Crippen LogP contribution in [0.1, 0.15) is 55.5 Å². The molecule has 1 aromatic heterocycles. The minimum absolute atomic E-state index is 0.0481. The van der Waals surface area contributed by atoms with Crippen LogP contribution in [0.5, 0.6) is 0 Å². The lowest BCUT2D eigenvalue weighted by Gasteiger charge is -2.12. The Morgan fingerprint density at radius 1 is 1.29 bits per heavy atom. The highest BCUT2D eigenvalue weighted by molar-refractivity contribution is 5.32. The van der Waals surface area contributed by atoms with E-state index in [9.17, 15) is 13.2 Å². The lowest BCUT2D eigenvalue weighted by molar-refractivity contribution is -0.142. The summed E-state index contributed by atoms with van der Waals surface area (Å²) in [6.45, 7) is 4.06. The van der Waals surface area contributed by atoms with E-state index in [1.54, 1.807) is 6.92 Å². The van der Waals surface area contributed by atoms with Gasteiger partial charge in [-0.1, -0.05) is 12.8 Å². The Hall–Kier alpha value is -1.00. The zero-order chi connectivity index (χ0) is 12.6. The number of rotatable bonds is 2. The Kier molecular flexibility index (Phi) is 3.19. The zero-order valence-electron chi connectivity index (χ0n) is 10.1. The second kappa shape index (κ2) is 4.35. The standard InChI is InChI=1S/C12H17F3N2/c1-3-17-8(2)10(9-6-4-5-7-9)11(16-17)12(13,14)15/h9H,3-7H2,1-2H3. The van der Waals surface area contributed by atoms with E-state index in [0.29, 0.717) is 17.8 Å². The molecule has 2 rings (SSSR count). The summed E-state index contributed by atoms with van der Waals surface area (Å²) in [5.74, 6) is 0.0481. The van der Waals surface area contributed by atoms with E-state index in [1.165, 1.54) is 4.68 Å². The van der Waals surface area contributed by atoms with E-state index in [2.05, 4.69) is 5.10 Å². The Morgan fingerprint density at radius 3 is 2.35 bits per heavy atom. The van der Waals surface area contributed by atoms with E-state index in [-0.39, 0.29) is 5.92 Å². The average Bonchev–Trinajstić information content (AvgIpc) is 2.82. The van der Waals surface area contributed by atoms with Gasteiger partial charge in [0.05, 0.1) is 0 Å². The predicted octanol–water partition coefficient (Wildman–Crippen LogP) is 3.89. The van der Waals surface area contributed by atoms with Gasteiger partial charge in [-0.2, -0.15) is 18.3 Å². The highest BCUT2D eigenvalue weighted by Crippen LogP contribution is 2.42. The van der Waals surface area contributed by atoms with Crippen LogP contribution in [0.25, 0.3) is 0 Å². The van der Waals surface area contributed by atoms with E-state index < -0.39 is 11.9 Å². The monoisotopic (exact) mass is 246 g/mol. The van der Waals surface area contributed by atoms with Crippen molar-refractivity contribution in [3.8, 4) is 0 Å². The topological polar surface area (TPSA) is 17.8 Å². The van der Waals surface area contributed by atoms with Crippen LogP contribution in [0.2, 0.25) is 0 Å². The van der Waals surface area contributed by atoms with Gasteiger partial charge in [0.1, 0.15) is 0 Å². The summed E-state index contributed by atoms with van der Waals surface area (Å²) in [6.07, 6.45) is -0.556. The molecule has 1 aromatic rings. The number of hydrogen-bond donors (Lipinski definition) is 0. The van der Waals surface area contributed by atoms with Gasteiger partial charge in [0, 0.05) is 17.8 Å². The minimum atomic E-state index is -4.33. The number of aromatic nitrogens is 2. The molecule has 1 aliphatic rings. The average molecular weight is 246 g/mol. The van der Waals surface area contributed by atoms with Crippen molar-refractivity contribution < 1.29 is 13.2 Å². The fraction of sp³-hybridized carbons (Fsp3) is 0.750. The third-order valence-electron chi connectivity index (χ3n) is 3.58. The molecule has 0 radical (unpaired) electrons. The minimum Gasteiger partial charge on any atom is -0.269 e. The number of aryl methyl sites for hydroxylation is 1. The van der Waals surface area contributed by atoms with Gasteiger partial charge in [0.15, 0.2) is 5.69 Å². The molecule has 0 N–H and O–H groups in total. The molecule has 5 heteroatoms. The summed E-state index contributed by atoms with van der Waals surface area (Å²) >= 11 is 0. The molecule has 17 heavy (non-hydrogen) atoms. The van der Waals surface area contributed by atoms with Crippen molar-refractivity contribution in [3.63, 3.8) is 0 Å². The van der Waals surface area contributed by atoms with Crippen LogP contribution in [0.15, 0.2) is 0 Å². The largest absolute Gasteiger partial charge is 0.435 e. The molecule has 1 fully saturated rings. The van der Waals surface area contributed by atoms with Crippen molar-refractivity contribution in [1.29, 1.82) is 0 Å². The second-order valence-electron chi connectivity index (χ2n) is 4.64. The lowest BCUT2D eigenvalue weighted by atomic mass is 9.95. The molecule has 0 aromatic carbocycles. The summed E-state index contributed by atoms with van der Waals surface area (Å²) < 4.78 is 40.3. The van der Waals surface area contributed by atoms with Crippen molar-refractivity contribution in [2.45, 2.75) is 58.2 Å². The van der Waals surface area contributed by atoms with Crippen LogP contribution in [0, 0.1) is 6.92 Å². The van der Waals surface area contributed by atoms with E-state index in [0.717, 1.165) is 25.7 Å².